The third kappa shape index (κ3) is 5.94. The number of hydrogen-bond acceptors (Lipinski definition) is 5. The molecule has 1 unspecified atom stereocenters. The van der Waals surface area contributed by atoms with Gasteiger partial charge in [-0.1, -0.05) is 48.5 Å². The Labute approximate surface area is 151 Å². The molecule has 0 heterocycles. The van der Waals surface area contributed by atoms with Crippen molar-refractivity contribution in [2.45, 2.75) is 25.1 Å². The van der Waals surface area contributed by atoms with Crippen molar-refractivity contribution in [3.8, 4) is 0 Å². The molecule has 3 N–H and O–H groups in total. The second-order valence-electron chi connectivity index (χ2n) is 5.57. The van der Waals surface area contributed by atoms with Crippen molar-refractivity contribution in [3.63, 3.8) is 0 Å². The van der Waals surface area contributed by atoms with Crippen LogP contribution in [0.1, 0.15) is 12.0 Å². The van der Waals surface area contributed by atoms with Crippen molar-refractivity contribution in [2.24, 2.45) is 0 Å². The minimum absolute atomic E-state index is 0.0422. The van der Waals surface area contributed by atoms with Crippen LogP contribution in [-0.4, -0.2) is 35.5 Å². The maximum atomic E-state index is 12.3. The Morgan fingerprint density at radius 3 is 2.19 bits per heavy atom. The predicted molar refractivity (Wildman–Crippen MR) is 95.3 cm³/mol. The Morgan fingerprint density at radius 1 is 1.00 bits per heavy atom. The highest BCUT2D eigenvalue weighted by molar-refractivity contribution is 5.82. The molecule has 0 saturated heterocycles. The quantitative estimate of drug-likeness (QED) is 0.443. The van der Waals surface area contributed by atoms with Gasteiger partial charge in [0.05, 0.1) is 0 Å². The zero-order valence-electron chi connectivity index (χ0n) is 14.0. The highest BCUT2D eigenvalue weighted by Gasteiger charge is 2.28. The van der Waals surface area contributed by atoms with Crippen LogP contribution in [0.4, 0.5) is 5.69 Å². The maximum Gasteiger partial charge on any atom is 0.329 e. The molecule has 1 amide bonds. The van der Waals surface area contributed by atoms with Gasteiger partial charge in [0.25, 0.3) is 0 Å². The zero-order valence-corrected chi connectivity index (χ0v) is 14.0. The van der Waals surface area contributed by atoms with E-state index < -0.39 is 24.0 Å². The lowest BCUT2D eigenvalue weighted by Crippen LogP contribution is -2.44. The molecule has 0 aromatic heterocycles. The van der Waals surface area contributed by atoms with Crippen molar-refractivity contribution in [2.75, 3.05) is 5.32 Å². The molecule has 0 saturated carbocycles. The minimum Gasteiger partial charge on any atom is -0.480 e. The van der Waals surface area contributed by atoms with Crippen LogP contribution in [0, 0.1) is 0 Å². The van der Waals surface area contributed by atoms with Gasteiger partial charge < -0.3 is 20.5 Å². The summed E-state index contributed by atoms with van der Waals surface area (Å²) >= 11 is 0. The number of benzene rings is 2. The van der Waals surface area contributed by atoms with E-state index in [9.17, 15) is 19.5 Å². The summed E-state index contributed by atoms with van der Waals surface area (Å²) in [6.45, 7) is 0.0422. The van der Waals surface area contributed by atoms with Gasteiger partial charge in [-0.2, -0.15) is 0 Å². The van der Waals surface area contributed by atoms with Gasteiger partial charge in [0.1, 0.15) is 18.7 Å². The number of rotatable bonds is 10. The highest BCUT2D eigenvalue weighted by Crippen LogP contribution is 2.12. The van der Waals surface area contributed by atoms with Crippen LogP contribution >= 0.6 is 0 Å². The second kappa shape index (κ2) is 9.83. The summed E-state index contributed by atoms with van der Waals surface area (Å²) in [7, 11) is 0. The number of para-hydroxylation sites is 1. The molecular weight excluding hydrogens is 336 g/mol. The highest BCUT2D eigenvalue weighted by atomic mass is 16.5. The van der Waals surface area contributed by atoms with Crippen LogP contribution < -0.4 is 10.6 Å². The molecule has 2 rings (SSSR count). The Kier molecular flexibility index (Phi) is 7.17. The Hall–Kier alpha value is -3.35. The van der Waals surface area contributed by atoms with Crippen LogP contribution in [0.2, 0.25) is 0 Å². The first-order valence-corrected chi connectivity index (χ1v) is 8.05. The van der Waals surface area contributed by atoms with Gasteiger partial charge in [-0.15, -0.1) is 0 Å². The van der Waals surface area contributed by atoms with E-state index in [1.54, 1.807) is 42.5 Å². The van der Waals surface area contributed by atoms with Crippen LogP contribution in [0.5, 0.6) is 0 Å². The number of hydrogen-bond donors (Lipinski definition) is 3. The number of amides is 1. The van der Waals surface area contributed by atoms with E-state index in [2.05, 4.69) is 10.6 Å². The minimum atomic E-state index is -1.14. The van der Waals surface area contributed by atoms with Crippen molar-refractivity contribution >= 4 is 24.0 Å². The number of carboxylic acid groups (broad SMARTS) is 1. The van der Waals surface area contributed by atoms with Crippen molar-refractivity contribution in [1.82, 2.24) is 5.32 Å². The van der Waals surface area contributed by atoms with E-state index in [-0.39, 0.29) is 13.0 Å². The predicted octanol–water partition coefficient (Wildman–Crippen LogP) is 1.80. The van der Waals surface area contributed by atoms with Gasteiger partial charge in [0, 0.05) is 12.1 Å². The van der Waals surface area contributed by atoms with Gasteiger partial charge in [-0.25, -0.2) is 9.59 Å². The second-order valence-corrected chi connectivity index (χ2v) is 5.57. The summed E-state index contributed by atoms with van der Waals surface area (Å²) in [5.74, 6) is -1.83. The number of carbonyl (C=O) groups excluding carboxylic acids is 2. The summed E-state index contributed by atoms with van der Waals surface area (Å²) in [6.07, 6.45) is 0.201. The lowest BCUT2D eigenvalue weighted by atomic mass is 10.1. The molecule has 0 spiro atoms. The van der Waals surface area contributed by atoms with Gasteiger partial charge in [-0.05, 0) is 17.7 Å². The molecule has 0 aliphatic carbocycles. The first kappa shape index (κ1) is 19.0. The van der Waals surface area contributed by atoms with Crippen LogP contribution in [0.3, 0.4) is 0 Å². The largest absolute Gasteiger partial charge is 0.480 e. The average molecular weight is 356 g/mol. The van der Waals surface area contributed by atoms with Crippen LogP contribution in [0.25, 0.3) is 0 Å². The van der Waals surface area contributed by atoms with E-state index >= 15 is 0 Å². The zero-order chi connectivity index (χ0) is 18.8. The third-order valence-corrected chi connectivity index (χ3v) is 3.66. The number of anilines is 1. The van der Waals surface area contributed by atoms with E-state index in [0.717, 1.165) is 5.56 Å². The fourth-order valence-corrected chi connectivity index (χ4v) is 2.34. The van der Waals surface area contributed by atoms with Crippen molar-refractivity contribution in [1.29, 1.82) is 0 Å². The molecule has 26 heavy (non-hydrogen) atoms. The fraction of sp³-hybridized carbons (Fsp3) is 0.211. The number of carbonyl (C=O) groups is 3. The first-order chi connectivity index (χ1) is 12.6. The lowest BCUT2D eigenvalue weighted by Gasteiger charge is -2.21. The number of nitrogens with one attached hydrogen (secondary N) is 2. The fourth-order valence-electron chi connectivity index (χ4n) is 2.34. The molecule has 2 atom stereocenters. The summed E-state index contributed by atoms with van der Waals surface area (Å²) in [6, 6.07) is 15.7. The number of ether oxygens (including phenoxy) is 1. The maximum absolute atomic E-state index is 12.3. The molecule has 0 bridgehead atoms. The molecule has 7 heteroatoms. The van der Waals surface area contributed by atoms with Crippen LogP contribution in [0.15, 0.2) is 60.7 Å². The number of aliphatic carboxylic acids is 1. The lowest BCUT2D eigenvalue weighted by molar-refractivity contribution is -0.149. The number of carboxylic acids is 1. The smallest absolute Gasteiger partial charge is 0.329 e. The summed E-state index contributed by atoms with van der Waals surface area (Å²) in [4.78, 5) is 34.6. The first-order valence-electron chi connectivity index (χ1n) is 8.05. The Bertz CT molecular complexity index is 721. The van der Waals surface area contributed by atoms with Crippen LogP contribution in [-0.2, 0) is 25.7 Å². The Balaban J connectivity index is 2.00. The molecule has 2 aromatic carbocycles. The molecule has 0 aliphatic rings. The monoisotopic (exact) mass is 356 g/mol. The standard InChI is InChI=1S/C19H20N2O5/c22-13-20-17(19(25)26-12-14-7-3-1-4-8-14)11-16(18(23)24)21-15-9-5-2-6-10-15/h1-10,13,16-17,21H,11-12H2,(H,20,22)(H,23,24)/t16?,17-/m0/s1. The topological polar surface area (TPSA) is 105 Å². The normalized spacial score (nSPS) is 12.5. The van der Waals surface area contributed by atoms with Gasteiger partial charge >= 0.3 is 11.9 Å². The number of esters is 1. The molecule has 0 aliphatic heterocycles. The van der Waals surface area contributed by atoms with Gasteiger partial charge in [0.2, 0.25) is 6.41 Å². The molecular formula is C19H20N2O5. The third-order valence-electron chi connectivity index (χ3n) is 3.66. The van der Waals surface area contributed by atoms with E-state index in [1.165, 1.54) is 0 Å². The summed E-state index contributed by atoms with van der Waals surface area (Å²) in [5, 5.41) is 14.6. The molecule has 0 fully saturated rings. The van der Waals surface area contributed by atoms with E-state index in [1.807, 2.05) is 18.2 Å². The molecule has 0 radical (unpaired) electrons. The average Bonchev–Trinajstić information content (AvgIpc) is 2.66. The molecule has 136 valence electrons. The van der Waals surface area contributed by atoms with Gasteiger partial charge in [0.15, 0.2) is 0 Å². The van der Waals surface area contributed by atoms with Gasteiger partial charge in [-0.3, -0.25) is 4.79 Å². The summed E-state index contributed by atoms with van der Waals surface area (Å²) in [5.41, 5.74) is 1.39. The molecule has 7 nitrogen and oxygen atoms in total. The molecule has 2 aromatic rings. The summed E-state index contributed by atoms with van der Waals surface area (Å²) < 4.78 is 5.19. The van der Waals surface area contributed by atoms with Crippen molar-refractivity contribution < 1.29 is 24.2 Å². The Morgan fingerprint density at radius 2 is 1.62 bits per heavy atom. The SMILES string of the molecule is O=CN[C@@H](CC(Nc1ccccc1)C(=O)O)C(=O)OCc1ccccc1. The van der Waals surface area contributed by atoms with Crippen molar-refractivity contribution in [3.05, 3.63) is 66.2 Å². The van der Waals surface area contributed by atoms with E-state index in [4.69, 9.17) is 4.74 Å². The van der Waals surface area contributed by atoms with E-state index in [0.29, 0.717) is 12.1 Å².